The summed E-state index contributed by atoms with van der Waals surface area (Å²) in [6.45, 7) is -0.176. The molecule has 3 aromatic rings. The summed E-state index contributed by atoms with van der Waals surface area (Å²) in [5, 5.41) is 12.7. The fourth-order valence-corrected chi connectivity index (χ4v) is 3.13. The Bertz CT molecular complexity index is 1220. The normalized spacial score (nSPS) is 13.0. The summed E-state index contributed by atoms with van der Waals surface area (Å²) in [7, 11) is 0. The molecule has 9 nitrogen and oxygen atoms in total. The van der Waals surface area contributed by atoms with E-state index >= 15 is 0 Å². The maximum absolute atomic E-state index is 13.7. The van der Waals surface area contributed by atoms with Gasteiger partial charge in [-0.3, -0.25) is 19.1 Å². The van der Waals surface area contributed by atoms with E-state index in [1.807, 2.05) is 0 Å². The van der Waals surface area contributed by atoms with Crippen LogP contribution >= 0.6 is 0 Å². The molecular weight excluding hydrogens is 414 g/mol. The molecule has 0 fully saturated rings. The van der Waals surface area contributed by atoms with E-state index in [-0.39, 0.29) is 31.0 Å². The number of benzene rings is 1. The van der Waals surface area contributed by atoms with Crippen molar-refractivity contribution in [1.82, 2.24) is 14.9 Å². The van der Waals surface area contributed by atoms with E-state index in [9.17, 15) is 28.3 Å². The number of aromatic hydroxyl groups is 1. The highest BCUT2D eigenvalue weighted by atomic mass is 19.1. The Labute approximate surface area is 173 Å². The predicted molar refractivity (Wildman–Crippen MR) is 103 cm³/mol. The molecule has 3 heterocycles. The van der Waals surface area contributed by atoms with E-state index in [2.05, 4.69) is 10.7 Å². The lowest BCUT2D eigenvalue weighted by Gasteiger charge is -2.31. The number of furan rings is 1. The van der Waals surface area contributed by atoms with Gasteiger partial charge in [-0.15, -0.1) is 0 Å². The average molecular weight is 430 g/mol. The van der Waals surface area contributed by atoms with Crippen LogP contribution in [0.25, 0.3) is 0 Å². The van der Waals surface area contributed by atoms with Gasteiger partial charge in [0.1, 0.15) is 29.6 Å². The zero-order valence-electron chi connectivity index (χ0n) is 15.9. The molecule has 2 aromatic heterocycles. The van der Waals surface area contributed by atoms with E-state index in [4.69, 9.17) is 4.42 Å². The first-order valence-electron chi connectivity index (χ1n) is 9.11. The third-order valence-corrected chi connectivity index (χ3v) is 4.73. The van der Waals surface area contributed by atoms with Crippen molar-refractivity contribution in [2.75, 3.05) is 12.1 Å². The second kappa shape index (κ2) is 7.94. The summed E-state index contributed by atoms with van der Waals surface area (Å²) >= 11 is 0. The summed E-state index contributed by atoms with van der Waals surface area (Å²) in [6.07, 6.45) is 2.53. The zero-order chi connectivity index (χ0) is 22.1. The molecule has 1 aromatic carbocycles. The molecule has 0 saturated heterocycles. The lowest BCUT2D eigenvalue weighted by molar-refractivity contribution is 0.0696. The van der Waals surface area contributed by atoms with Crippen molar-refractivity contribution in [3.05, 3.63) is 87.2 Å². The third kappa shape index (κ3) is 3.84. The van der Waals surface area contributed by atoms with Crippen LogP contribution in [0.15, 0.2) is 52.0 Å². The van der Waals surface area contributed by atoms with Crippen molar-refractivity contribution in [3.63, 3.8) is 0 Å². The van der Waals surface area contributed by atoms with Gasteiger partial charge in [-0.05, 0) is 18.2 Å². The smallest absolute Gasteiger partial charge is 0.278 e. The van der Waals surface area contributed by atoms with E-state index in [1.165, 1.54) is 11.2 Å². The van der Waals surface area contributed by atoms with Crippen LogP contribution in [0.3, 0.4) is 0 Å². The van der Waals surface area contributed by atoms with Crippen molar-refractivity contribution in [3.8, 4) is 5.75 Å². The molecule has 0 spiro atoms. The number of hydrogen-bond acceptors (Lipinski definition) is 6. The van der Waals surface area contributed by atoms with Gasteiger partial charge in [0.25, 0.3) is 11.8 Å². The second-order valence-electron chi connectivity index (χ2n) is 6.76. The molecule has 0 atom stereocenters. The maximum atomic E-state index is 13.7. The molecule has 1 aliphatic rings. The number of amides is 2. The monoisotopic (exact) mass is 430 g/mol. The van der Waals surface area contributed by atoms with Gasteiger partial charge in [0.05, 0.1) is 12.8 Å². The van der Waals surface area contributed by atoms with Crippen molar-refractivity contribution in [1.29, 1.82) is 0 Å². The first-order valence-corrected chi connectivity index (χ1v) is 9.11. The standard InChI is InChI=1S/C20H16F2N4O5/c21-12-4-3-11(15(22)6-12)7-23-19(29)14-9-26-16(18(28)17(14)27)20(30)25(10-24-26)8-13-2-1-5-31-13/h1-6,9,24,28H,7-8,10H2,(H,23,29). The number of carbonyl (C=O) groups excluding carboxylic acids is 2. The molecule has 2 amide bonds. The Balaban J connectivity index is 1.56. The number of pyridine rings is 1. The lowest BCUT2D eigenvalue weighted by atomic mass is 10.1. The molecule has 11 heteroatoms. The minimum absolute atomic E-state index is 0.0129. The van der Waals surface area contributed by atoms with Crippen molar-refractivity contribution < 1.29 is 27.9 Å². The van der Waals surface area contributed by atoms with Crippen LogP contribution in [0.5, 0.6) is 5.75 Å². The number of fused-ring (bicyclic) bond motifs is 1. The van der Waals surface area contributed by atoms with Crippen LogP contribution in [0.1, 0.15) is 32.2 Å². The number of rotatable bonds is 5. The summed E-state index contributed by atoms with van der Waals surface area (Å²) < 4.78 is 33.0. The molecule has 31 heavy (non-hydrogen) atoms. The quantitative estimate of drug-likeness (QED) is 0.565. The van der Waals surface area contributed by atoms with Gasteiger partial charge in [-0.2, -0.15) is 0 Å². The molecule has 160 valence electrons. The molecule has 0 radical (unpaired) electrons. The lowest BCUT2D eigenvalue weighted by Crippen LogP contribution is -2.46. The Morgan fingerprint density at radius 2 is 2.06 bits per heavy atom. The minimum Gasteiger partial charge on any atom is -0.502 e. The fraction of sp³-hybridized carbons (Fsp3) is 0.150. The van der Waals surface area contributed by atoms with E-state index in [1.54, 1.807) is 12.1 Å². The number of carbonyl (C=O) groups is 2. The van der Waals surface area contributed by atoms with Crippen molar-refractivity contribution in [2.45, 2.75) is 13.1 Å². The van der Waals surface area contributed by atoms with Gasteiger partial charge in [0, 0.05) is 24.4 Å². The van der Waals surface area contributed by atoms with Crippen LogP contribution in [0.4, 0.5) is 8.78 Å². The number of hydrogen-bond donors (Lipinski definition) is 3. The van der Waals surface area contributed by atoms with E-state index in [0.29, 0.717) is 11.8 Å². The average Bonchev–Trinajstić information content (AvgIpc) is 3.25. The first-order chi connectivity index (χ1) is 14.8. The van der Waals surface area contributed by atoms with Gasteiger partial charge >= 0.3 is 0 Å². The van der Waals surface area contributed by atoms with E-state index < -0.39 is 40.2 Å². The van der Waals surface area contributed by atoms with Gasteiger partial charge in [0.15, 0.2) is 11.4 Å². The predicted octanol–water partition coefficient (Wildman–Crippen LogP) is 1.51. The Morgan fingerprint density at radius 1 is 1.26 bits per heavy atom. The van der Waals surface area contributed by atoms with Crippen LogP contribution in [0, 0.1) is 11.6 Å². The topological polar surface area (TPSA) is 117 Å². The summed E-state index contributed by atoms with van der Waals surface area (Å²) in [5.74, 6) is -3.54. The van der Waals surface area contributed by atoms with Gasteiger partial charge < -0.3 is 25.2 Å². The van der Waals surface area contributed by atoms with Gasteiger partial charge in [-0.25, -0.2) is 8.78 Å². The van der Waals surface area contributed by atoms with Crippen molar-refractivity contribution >= 4 is 11.8 Å². The third-order valence-electron chi connectivity index (χ3n) is 4.73. The number of halogens is 2. The second-order valence-corrected chi connectivity index (χ2v) is 6.76. The molecule has 0 aliphatic carbocycles. The number of aromatic nitrogens is 1. The van der Waals surface area contributed by atoms with Crippen molar-refractivity contribution in [2.24, 2.45) is 0 Å². The summed E-state index contributed by atoms with van der Waals surface area (Å²) in [6, 6.07) is 6.21. The summed E-state index contributed by atoms with van der Waals surface area (Å²) in [5.41, 5.74) is 0.979. The Morgan fingerprint density at radius 3 is 2.77 bits per heavy atom. The molecule has 0 bridgehead atoms. The molecule has 0 unspecified atom stereocenters. The molecular formula is C20H16F2N4O5. The Kier molecular flexibility index (Phi) is 5.15. The largest absolute Gasteiger partial charge is 0.502 e. The van der Waals surface area contributed by atoms with Crippen LogP contribution < -0.4 is 16.2 Å². The first kappa shape index (κ1) is 20.1. The SMILES string of the molecule is O=C(NCc1ccc(F)cc1F)c1cn2c(c(O)c1=O)C(=O)N(Cc1ccco1)CN2. The fourth-order valence-electron chi connectivity index (χ4n) is 3.13. The minimum atomic E-state index is -1.06. The van der Waals surface area contributed by atoms with Crippen LogP contribution in [-0.4, -0.2) is 33.2 Å². The van der Waals surface area contributed by atoms with Gasteiger partial charge in [0.2, 0.25) is 5.43 Å². The Hall–Kier alpha value is -4.15. The van der Waals surface area contributed by atoms with E-state index in [0.717, 1.165) is 23.0 Å². The molecule has 4 rings (SSSR count). The highest BCUT2D eigenvalue weighted by Crippen LogP contribution is 2.20. The zero-order valence-corrected chi connectivity index (χ0v) is 15.9. The molecule has 0 saturated carbocycles. The number of nitrogens with zero attached hydrogens (tertiary/aromatic N) is 2. The highest BCUT2D eigenvalue weighted by Gasteiger charge is 2.31. The molecule has 1 aliphatic heterocycles. The molecule has 3 N–H and O–H groups in total. The maximum Gasteiger partial charge on any atom is 0.278 e. The van der Waals surface area contributed by atoms with Gasteiger partial charge in [-0.1, -0.05) is 6.07 Å². The van der Waals surface area contributed by atoms with Crippen LogP contribution in [-0.2, 0) is 13.1 Å². The summed E-state index contributed by atoms with van der Waals surface area (Å²) in [4.78, 5) is 39.0. The van der Waals surface area contributed by atoms with Crippen LogP contribution in [0.2, 0.25) is 0 Å². The number of nitrogens with one attached hydrogen (secondary N) is 2. The highest BCUT2D eigenvalue weighted by molar-refractivity contribution is 5.99.